The van der Waals surface area contributed by atoms with Crippen molar-refractivity contribution in [3.63, 3.8) is 0 Å². The van der Waals surface area contributed by atoms with Gasteiger partial charge in [0.15, 0.2) is 5.76 Å². The lowest BCUT2D eigenvalue weighted by atomic mass is 10.1. The molecule has 0 fully saturated rings. The van der Waals surface area contributed by atoms with Gasteiger partial charge in [-0.05, 0) is 26.2 Å². The van der Waals surface area contributed by atoms with Gasteiger partial charge in [-0.1, -0.05) is 25.1 Å². The van der Waals surface area contributed by atoms with Crippen LogP contribution in [0.4, 0.5) is 10.5 Å². The van der Waals surface area contributed by atoms with Gasteiger partial charge in [0.1, 0.15) is 11.4 Å². The predicted octanol–water partition coefficient (Wildman–Crippen LogP) is 3.02. The van der Waals surface area contributed by atoms with Gasteiger partial charge in [0.2, 0.25) is 0 Å². The topological polar surface area (TPSA) is 67.2 Å². The van der Waals surface area contributed by atoms with Crippen molar-refractivity contribution >= 4 is 11.7 Å². The van der Waals surface area contributed by atoms with Crippen LogP contribution in [0.15, 0.2) is 17.2 Å². The smallest absolute Gasteiger partial charge is 0.319 e. The van der Waals surface area contributed by atoms with E-state index in [2.05, 4.69) is 22.4 Å². The highest BCUT2D eigenvalue weighted by Crippen LogP contribution is 2.20. The quantitative estimate of drug-likeness (QED) is 0.764. The Bertz CT molecular complexity index is 412. The summed E-state index contributed by atoms with van der Waals surface area (Å²) in [5.41, 5.74) is 1.43. The van der Waals surface area contributed by atoms with Gasteiger partial charge in [0.05, 0.1) is 0 Å². The Morgan fingerprint density at radius 1 is 1.56 bits per heavy atom. The van der Waals surface area contributed by atoms with E-state index in [1.165, 1.54) is 0 Å². The minimum atomic E-state index is -0.232. The summed E-state index contributed by atoms with van der Waals surface area (Å²) in [7, 11) is 0. The average Bonchev–Trinajstić information content (AvgIpc) is 2.70. The second kappa shape index (κ2) is 6.83. The molecule has 0 bridgehead atoms. The van der Waals surface area contributed by atoms with Crippen LogP contribution in [0.5, 0.6) is 0 Å². The summed E-state index contributed by atoms with van der Waals surface area (Å²) in [6, 6.07) is -0.127. The van der Waals surface area contributed by atoms with E-state index in [1.807, 2.05) is 13.8 Å². The van der Waals surface area contributed by atoms with Gasteiger partial charge in [-0.3, -0.25) is 0 Å². The van der Waals surface area contributed by atoms with Crippen molar-refractivity contribution in [3.8, 4) is 0 Å². The number of carbonyl (C=O) groups is 1. The molecule has 0 aliphatic rings. The fourth-order valence-corrected chi connectivity index (χ4v) is 1.68. The van der Waals surface area contributed by atoms with Crippen molar-refractivity contribution in [2.45, 2.75) is 46.1 Å². The molecule has 100 valence electrons. The predicted molar refractivity (Wildman–Crippen MR) is 71.7 cm³/mol. The molecular formula is C13H21N3O2. The Labute approximate surface area is 108 Å². The number of hydrogen-bond donors (Lipinski definition) is 2. The van der Waals surface area contributed by atoms with E-state index in [4.69, 9.17) is 4.52 Å². The van der Waals surface area contributed by atoms with Gasteiger partial charge in [-0.25, -0.2) is 4.79 Å². The van der Waals surface area contributed by atoms with Crippen LogP contribution in [0, 0.1) is 6.92 Å². The minimum absolute atomic E-state index is 0.104. The Kier molecular flexibility index (Phi) is 5.42. The number of aryl methyl sites for hydroxylation is 2. The first-order chi connectivity index (χ1) is 8.62. The van der Waals surface area contributed by atoms with Gasteiger partial charge in [0, 0.05) is 6.04 Å². The second-order valence-corrected chi connectivity index (χ2v) is 4.14. The van der Waals surface area contributed by atoms with Crippen molar-refractivity contribution < 1.29 is 9.32 Å². The maximum atomic E-state index is 11.8. The first-order valence-corrected chi connectivity index (χ1v) is 6.25. The summed E-state index contributed by atoms with van der Waals surface area (Å²) in [6.45, 7) is 9.45. The third kappa shape index (κ3) is 3.61. The molecular weight excluding hydrogens is 230 g/mol. The van der Waals surface area contributed by atoms with E-state index in [0.29, 0.717) is 11.4 Å². The van der Waals surface area contributed by atoms with E-state index in [-0.39, 0.29) is 12.1 Å². The van der Waals surface area contributed by atoms with Gasteiger partial charge in [-0.15, -0.1) is 6.58 Å². The number of urea groups is 1. The van der Waals surface area contributed by atoms with Gasteiger partial charge in [-0.2, -0.15) is 0 Å². The molecule has 5 heteroatoms. The van der Waals surface area contributed by atoms with Crippen LogP contribution in [0.3, 0.4) is 0 Å². The summed E-state index contributed by atoms with van der Waals surface area (Å²) in [5.74, 6) is 0.624. The zero-order chi connectivity index (χ0) is 13.5. The van der Waals surface area contributed by atoms with E-state index in [0.717, 1.165) is 25.0 Å². The Hall–Kier alpha value is -1.78. The molecule has 0 saturated carbocycles. The molecule has 0 unspecified atom stereocenters. The molecule has 1 atom stereocenters. The molecule has 1 aromatic rings. The van der Waals surface area contributed by atoms with E-state index >= 15 is 0 Å². The van der Waals surface area contributed by atoms with Crippen LogP contribution in [-0.2, 0) is 6.42 Å². The normalized spacial score (nSPS) is 11.9. The Morgan fingerprint density at radius 2 is 2.28 bits per heavy atom. The second-order valence-electron chi connectivity index (χ2n) is 4.14. The van der Waals surface area contributed by atoms with Crippen molar-refractivity contribution in [1.29, 1.82) is 0 Å². The molecule has 2 N–H and O–H groups in total. The van der Waals surface area contributed by atoms with Crippen molar-refractivity contribution in [3.05, 3.63) is 24.1 Å². The lowest BCUT2D eigenvalue weighted by molar-refractivity contribution is 0.248. The molecule has 1 rings (SSSR count). The number of nitrogens with one attached hydrogen (secondary N) is 2. The molecule has 0 radical (unpaired) electrons. The molecule has 1 heterocycles. The van der Waals surface area contributed by atoms with E-state index < -0.39 is 0 Å². The minimum Gasteiger partial charge on any atom is -0.359 e. The summed E-state index contributed by atoms with van der Waals surface area (Å²) in [4.78, 5) is 11.8. The number of carbonyl (C=O) groups excluding carboxylic acids is 1. The van der Waals surface area contributed by atoms with Crippen molar-refractivity contribution in [2.24, 2.45) is 0 Å². The molecule has 1 aromatic heterocycles. The van der Waals surface area contributed by atoms with Crippen LogP contribution in [0.25, 0.3) is 0 Å². The molecule has 0 aromatic carbocycles. The number of hydrogen-bond acceptors (Lipinski definition) is 3. The first-order valence-electron chi connectivity index (χ1n) is 6.25. The van der Waals surface area contributed by atoms with Crippen LogP contribution in [0.1, 0.15) is 38.1 Å². The SMILES string of the molecule is C=CC[C@H](CC)NC(=O)Nc1c(CC)noc1C. The largest absolute Gasteiger partial charge is 0.359 e. The summed E-state index contributed by atoms with van der Waals surface area (Å²) in [5, 5.41) is 9.58. The molecule has 0 spiro atoms. The highest BCUT2D eigenvalue weighted by molar-refractivity contribution is 5.90. The lowest BCUT2D eigenvalue weighted by Crippen LogP contribution is -2.37. The number of nitrogens with zero attached hydrogens (tertiary/aromatic N) is 1. The van der Waals surface area contributed by atoms with Gasteiger partial charge >= 0.3 is 6.03 Å². The highest BCUT2D eigenvalue weighted by atomic mass is 16.5. The Balaban J connectivity index is 2.63. The number of amides is 2. The third-order valence-electron chi connectivity index (χ3n) is 2.79. The molecule has 0 saturated heterocycles. The lowest BCUT2D eigenvalue weighted by Gasteiger charge is -2.15. The van der Waals surface area contributed by atoms with E-state index in [1.54, 1.807) is 13.0 Å². The summed E-state index contributed by atoms with van der Waals surface area (Å²) >= 11 is 0. The van der Waals surface area contributed by atoms with Crippen LogP contribution in [-0.4, -0.2) is 17.2 Å². The Morgan fingerprint density at radius 3 is 2.83 bits per heavy atom. The molecule has 0 aliphatic carbocycles. The molecule has 2 amide bonds. The van der Waals surface area contributed by atoms with Crippen molar-refractivity contribution in [1.82, 2.24) is 10.5 Å². The standard InChI is InChI=1S/C13H21N3O2/c1-5-8-10(6-2)14-13(17)15-12-9(4)18-16-11(12)7-3/h5,10H,1,6-8H2,2-4H3,(H2,14,15,17)/t10-/m0/s1. The molecule has 5 nitrogen and oxygen atoms in total. The fourth-order valence-electron chi connectivity index (χ4n) is 1.68. The monoisotopic (exact) mass is 251 g/mol. The van der Waals surface area contributed by atoms with Crippen LogP contribution in [0.2, 0.25) is 0 Å². The zero-order valence-corrected chi connectivity index (χ0v) is 11.2. The maximum Gasteiger partial charge on any atom is 0.319 e. The molecule has 18 heavy (non-hydrogen) atoms. The van der Waals surface area contributed by atoms with E-state index in [9.17, 15) is 4.79 Å². The molecule has 0 aliphatic heterocycles. The van der Waals surface area contributed by atoms with Crippen LogP contribution >= 0.6 is 0 Å². The number of anilines is 1. The average molecular weight is 251 g/mol. The third-order valence-corrected chi connectivity index (χ3v) is 2.79. The maximum absolute atomic E-state index is 11.8. The van der Waals surface area contributed by atoms with Gasteiger partial charge in [0.25, 0.3) is 0 Å². The highest BCUT2D eigenvalue weighted by Gasteiger charge is 2.15. The zero-order valence-electron chi connectivity index (χ0n) is 11.2. The van der Waals surface area contributed by atoms with Crippen LogP contribution < -0.4 is 10.6 Å². The number of rotatable bonds is 6. The fraction of sp³-hybridized carbons (Fsp3) is 0.538. The van der Waals surface area contributed by atoms with Gasteiger partial charge < -0.3 is 15.2 Å². The first kappa shape index (κ1) is 14.3. The summed E-state index contributed by atoms with van der Waals surface area (Å²) < 4.78 is 5.06. The van der Waals surface area contributed by atoms with Crippen molar-refractivity contribution in [2.75, 3.05) is 5.32 Å². The summed E-state index contributed by atoms with van der Waals surface area (Å²) in [6.07, 6.45) is 4.14. The number of aromatic nitrogens is 1.